The van der Waals surface area contributed by atoms with Gasteiger partial charge in [-0.15, -0.1) is 0 Å². The van der Waals surface area contributed by atoms with Crippen LogP contribution in [-0.2, 0) is 0 Å². The lowest BCUT2D eigenvalue weighted by atomic mass is 10.1. The Hall–Kier alpha value is -1.46. The van der Waals surface area contributed by atoms with Gasteiger partial charge < -0.3 is 21.2 Å². The van der Waals surface area contributed by atoms with Gasteiger partial charge in [-0.3, -0.25) is 0 Å². The van der Waals surface area contributed by atoms with E-state index >= 15 is 0 Å². The summed E-state index contributed by atoms with van der Waals surface area (Å²) < 4.78 is 0. The van der Waals surface area contributed by atoms with Crippen molar-refractivity contribution in [2.45, 2.75) is 19.8 Å². The van der Waals surface area contributed by atoms with Crippen molar-refractivity contribution in [1.29, 1.82) is 0 Å². The minimum atomic E-state index is -0.151. The Morgan fingerprint density at radius 1 is 1.60 bits per heavy atom. The summed E-state index contributed by atoms with van der Waals surface area (Å²) in [5.74, 6) is -0.0155. The van der Waals surface area contributed by atoms with Gasteiger partial charge in [0.05, 0.1) is 0 Å². The summed E-state index contributed by atoms with van der Waals surface area (Å²) in [6, 6.07) is -0.0647. The van der Waals surface area contributed by atoms with Crippen LogP contribution in [-0.4, -0.2) is 41.6 Å². The van der Waals surface area contributed by atoms with Crippen molar-refractivity contribution >= 4 is 11.9 Å². The quantitative estimate of drug-likeness (QED) is 0.271. The Bertz CT molecular complexity index is 248. The minimum absolute atomic E-state index is 0.0647. The molecule has 0 spiro atoms. The van der Waals surface area contributed by atoms with Crippen LogP contribution in [0, 0.1) is 5.92 Å². The summed E-state index contributed by atoms with van der Waals surface area (Å²) in [4.78, 5) is 13.3. The molecule has 15 heavy (non-hydrogen) atoms. The highest BCUT2D eigenvalue weighted by molar-refractivity contribution is 5.83. The summed E-state index contributed by atoms with van der Waals surface area (Å²) in [7, 11) is 0. The van der Waals surface area contributed by atoms with E-state index in [0.29, 0.717) is 6.54 Å². The molecule has 2 amide bonds. The number of carbonyl (C=O) groups excluding carboxylic acids is 1. The highest BCUT2D eigenvalue weighted by atomic mass is 16.4. The molecule has 0 radical (unpaired) electrons. The second-order valence-electron chi connectivity index (χ2n) is 3.81. The number of nitrogens with one attached hydrogen (secondary N) is 1. The molecule has 1 heterocycles. The molecular weight excluding hydrogens is 196 g/mol. The van der Waals surface area contributed by atoms with Crippen molar-refractivity contribution in [2.75, 3.05) is 19.6 Å². The van der Waals surface area contributed by atoms with Crippen LogP contribution in [0.15, 0.2) is 5.16 Å². The Labute approximate surface area is 89.1 Å². The predicted octanol–water partition coefficient (Wildman–Crippen LogP) is 0.174. The average molecular weight is 214 g/mol. The molecule has 0 aromatic rings. The van der Waals surface area contributed by atoms with E-state index in [1.165, 1.54) is 0 Å². The molecule has 86 valence electrons. The zero-order valence-electron chi connectivity index (χ0n) is 8.94. The lowest BCUT2D eigenvalue weighted by Gasteiger charge is -2.18. The van der Waals surface area contributed by atoms with Crippen LogP contribution in [0.5, 0.6) is 0 Å². The second-order valence-corrected chi connectivity index (χ2v) is 3.81. The van der Waals surface area contributed by atoms with Gasteiger partial charge in [-0.25, -0.2) is 4.79 Å². The number of nitrogens with zero attached hydrogens (tertiary/aromatic N) is 2. The SMILES string of the molecule is CC(CNC(=O)N1CCCC1)C(N)=NO. The first-order valence-electron chi connectivity index (χ1n) is 5.15. The van der Waals surface area contributed by atoms with Crippen LogP contribution < -0.4 is 11.1 Å². The van der Waals surface area contributed by atoms with Crippen LogP contribution in [0.2, 0.25) is 0 Å². The van der Waals surface area contributed by atoms with Gasteiger partial charge in [0.2, 0.25) is 0 Å². The number of oxime groups is 1. The maximum atomic E-state index is 11.5. The lowest BCUT2D eigenvalue weighted by Crippen LogP contribution is -2.42. The van der Waals surface area contributed by atoms with Crippen LogP contribution in [0.25, 0.3) is 0 Å². The fourth-order valence-corrected chi connectivity index (χ4v) is 1.48. The number of carbonyl (C=O) groups is 1. The third-order valence-electron chi connectivity index (χ3n) is 2.57. The van der Waals surface area contributed by atoms with Gasteiger partial charge in [0, 0.05) is 25.6 Å². The standard InChI is InChI=1S/C9H18N4O2/c1-7(8(10)12-15)6-11-9(14)13-4-2-3-5-13/h7,15H,2-6H2,1H3,(H2,10,12)(H,11,14). The molecular formula is C9H18N4O2. The topological polar surface area (TPSA) is 91.0 Å². The number of urea groups is 1. The molecule has 1 saturated heterocycles. The highest BCUT2D eigenvalue weighted by Gasteiger charge is 2.18. The summed E-state index contributed by atoms with van der Waals surface area (Å²) >= 11 is 0. The molecule has 6 heteroatoms. The van der Waals surface area contributed by atoms with Crippen molar-refractivity contribution < 1.29 is 10.0 Å². The van der Waals surface area contributed by atoms with E-state index in [9.17, 15) is 4.79 Å². The highest BCUT2D eigenvalue weighted by Crippen LogP contribution is 2.07. The van der Waals surface area contributed by atoms with E-state index in [1.807, 2.05) is 0 Å². The number of amidine groups is 1. The fourth-order valence-electron chi connectivity index (χ4n) is 1.48. The Balaban J connectivity index is 2.27. The van der Waals surface area contributed by atoms with Gasteiger partial charge in [0.1, 0.15) is 5.84 Å². The molecule has 0 saturated carbocycles. The van der Waals surface area contributed by atoms with Crippen molar-refractivity contribution in [3.05, 3.63) is 0 Å². The molecule has 0 bridgehead atoms. The number of rotatable bonds is 3. The maximum absolute atomic E-state index is 11.5. The monoisotopic (exact) mass is 214 g/mol. The van der Waals surface area contributed by atoms with Gasteiger partial charge >= 0.3 is 6.03 Å². The maximum Gasteiger partial charge on any atom is 0.317 e. The zero-order chi connectivity index (χ0) is 11.3. The van der Waals surface area contributed by atoms with E-state index in [0.717, 1.165) is 25.9 Å². The van der Waals surface area contributed by atoms with Crippen LogP contribution in [0.3, 0.4) is 0 Å². The number of hydrogen-bond donors (Lipinski definition) is 3. The van der Waals surface area contributed by atoms with Crippen molar-refractivity contribution in [3.63, 3.8) is 0 Å². The number of amides is 2. The molecule has 1 aliphatic rings. The van der Waals surface area contributed by atoms with E-state index in [4.69, 9.17) is 10.9 Å². The Kier molecular flexibility index (Phi) is 4.20. The molecule has 1 rings (SSSR count). The number of likely N-dealkylation sites (tertiary alicyclic amines) is 1. The van der Waals surface area contributed by atoms with Crippen molar-refractivity contribution in [2.24, 2.45) is 16.8 Å². The summed E-state index contributed by atoms with van der Waals surface area (Å²) in [6.07, 6.45) is 2.15. The normalized spacial score (nSPS) is 19.0. The van der Waals surface area contributed by atoms with Crippen LogP contribution in [0.4, 0.5) is 4.79 Å². The van der Waals surface area contributed by atoms with Crippen molar-refractivity contribution in [1.82, 2.24) is 10.2 Å². The molecule has 4 N–H and O–H groups in total. The van der Waals surface area contributed by atoms with Gasteiger partial charge in [-0.1, -0.05) is 12.1 Å². The molecule has 1 atom stereocenters. The van der Waals surface area contributed by atoms with Gasteiger partial charge in [-0.05, 0) is 12.8 Å². The third-order valence-corrected chi connectivity index (χ3v) is 2.57. The first-order chi connectivity index (χ1) is 7.15. The lowest BCUT2D eigenvalue weighted by molar-refractivity contribution is 0.208. The fraction of sp³-hybridized carbons (Fsp3) is 0.778. The molecule has 0 aromatic heterocycles. The molecule has 0 aliphatic carbocycles. The van der Waals surface area contributed by atoms with Crippen LogP contribution >= 0.6 is 0 Å². The van der Waals surface area contributed by atoms with E-state index in [2.05, 4.69) is 10.5 Å². The van der Waals surface area contributed by atoms with E-state index in [1.54, 1.807) is 11.8 Å². The second kappa shape index (κ2) is 5.43. The molecule has 1 fully saturated rings. The van der Waals surface area contributed by atoms with Gasteiger partial charge in [0.25, 0.3) is 0 Å². The Morgan fingerprint density at radius 2 is 2.20 bits per heavy atom. The van der Waals surface area contributed by atoms with Gasteiger partial charge in [0.15, 0.2) is 0 Å². The number of nitrogens with two attached hydrogens (primary N) is 1. The Morgan fingerprint density at radius 3 is 2.73 bits per heavy atom. The summed E-state index contributed by atoms with van der Waals surface area (Å²) in [5.41, 5.74) is 5.39. The number of hydrogen-bond acceptors (Lipinski definition) is 3. The summed E-state index contributed by atoms with van der Waals surface area (Å²) in [6.45, 7) is 3.83. The first kappa shape index (κ1) is 11.6. The molecule has 1 unspecified atom stereocenters. The largest absolute Gasteiger partial charge is 0.409 e. The van der Waals surface area contributed by atoms with E-state index < -0.39 is 0 Å². The van der Waals surface area contributed by atoms with Crippen LogP contribution in [0.1, 0.15) is 19.8 Å². The average Bonchev–Trinajstić information content (AvgIpc) is 2.77. The van der Waals surface area contributed by atoms with Gasteiger partial charge in [-0.2, -0.15) is 0 Å². The summed E-state index contributed by atoms with van der Waals surface area (Å²) in [5, 5.41) is 14.1. The predicted molar refractivity (Wildman–Crippen MR) is 56.8 cm³/mol. The molecule has 1 aliphatic heterocycles. The first-order valence-corrected chi connectivity index (χ1v) is 5.15. The third kappa shape index (κ3) is 3.30. The smallest absolute Gasteiger partial charge is 0.317 e. The minimum Gasteiger partial charge on any atom is -0.409 e. The van der Waals surface area contributed by atoms with Crippen molar-refractivity contribution in [3.8, 4) is 0 Å². The molecule has 6 nitrogen and oxygen atoms in total. The molecule has 0 aromatic carbocycles. The zero-order valence-corrected chi connectivity index (χ0v) is 8.94. The van der Waals surface area contributed by atoms with E-state index in [-0.39, 0.29) is 17.8 Å².